The monoisotopic (exact) mass is 223 g/mol. The highest BCUT2D eigenvalue weighted by molar-refractivity contribution is 5.86. The summed E-state index contributed by atoms with van der Waals surface area (Å²) in [5.74, 6) is -0.0310. The van der Waals surface area contributed by atoms with Crippen molar-refractivity contribution in [1.82, 2.24) is 4.98 Å². The number of carbonyl (C=O) groups is 1. The number of fused-ring (bicyclic) bond motifs is 1. The molecule has 0 amide bonds. The van der Waals surface area contributed by atoms with Crippen LogP contribution in [0.25, 0.3) is 0 Å². The Bertz CT molecular complexity index is 428. The average Bonchev–Trinajstić information content (AvgIpc) is 2.27. The average molecular weight is 223 g/mol. The second-order valence-corrected chi connectivity index (χ2v) is 3.89. The third-order valence-electron chi connectivity index (χ3n) is 2.38. The van der Waals surface area contributed by atoms with Crippen molar-refractivity contribution in [2.45, 2.75) is 19.8 Å². The zero-order chi connectivity index (χ0) is 11.7. The molecule has 1 aromatic heterocycles. The van der Waals surface area contributed by atoms with Crippen LogP contribution in [0.4, 0.5) is 0 Å². The second kappa shape index (κ2) is 4.00. The van der Waals surface area contributed by atoms with E-state index in [1.807, 2.05) is 13.8 Å². The lowest BCUT2D eigenvalue weighted by Gasteiger charge is -2.21. The predicted molar refractivity (Wildman–Crippen MR) is 56.3 cm³/mol. The third kappa shape index (κ3) is 1.80. The first-order chi connectivity index (χ1) is 7.59. The van der Waals surface area contributed by atoms with Gasteiger partial charge >= 0.3 is 5.97 Å². The molecule has 0 atom stereocenters. The van der Waals surface area contributed by atoms with Crippen molar-refractivity contribution in [2.75, 3.05) is 13.2 Å². The molecule has 1 aromatic rings. The van der Waals surface area contributed by atoms with Crippen LogP contribution in [0.2, 0.25) is 0 Å². The first kappa shape index (κ1) is 10.7. The van der Waals surface area contributed by atoms with Crippen molar-refractivity contribution >= 4 is 5.97 Å². The van der Waals surface area contributed by atoms with Crippen LogP contribution in [0.1, 0.15) is 35.8 Å². The predicted octanol–water partition coefficient (Wildman–Crippen LogP) is 1.67. The molecule has 0 fully saturated rings. The van der Waals surface area contributed by atoms with E-state index in [-0.39, 0.29) is 17.5 Å². The second-order valence-electron chi connectivity index (χ2n) is 3.89. The van der Waals surface area contributed by atoms with Crippen LogP contribution >= 0.6 is 0 Å². The maximum Gasteiger partial charge on any atom is 0.354 e. The van der Waals surface area contributed by atoms with Gasteiger partial charge in [-0.25, -0.2) is 9.78 Å². The number of hydrogen-bond donors (Lipinski definition) is 1. The zero-order valence-electron chi connectivity index (χ0n) is 9.19. The number of pyridine rings is 1. The van der Waals surface area contributed by atoms with E-state index in [2.05, 4.69) is 4.98 Å². The summed E-state index contributed by atoms with van der Waals surface area (Å²) in [6, 6.07) is 1.54. The molecule has 0 spiro atoms. The Balaban J connectivity index is 2.56. The molecule has 1 aliphatic heterocycles. The quantitative estimate of drug-likeness (QED) is 0.826. The van der Waals surface area contributed by atoms with E-state index in [0.29, 0.717) is 19.0 Å². The molecule has 0 aliphatic carbocycles. The summed E-state index contributed by atoms with van der Waals surface area (Å²) >= 11 is 0. The van der Waals surface area contributed by atoms with Gasteiger partial charge in [-0.3, -0.25) is 0 Å². The fourth-order valence-corrected chi connectivity index (χ4v) is 1.59. The van der Waals surface area contributed by atoms with Gasteiger partial charge in [-0.15, -0.1) is 0 Å². The van der Waals surface area contributed by atoms with Crippen molar-refractivity contribution in [3.8, 4) is 11.6 Å². The molecule has 16 heavy (non-hydrogen) atoms. The van der Waals surface area contributed by atoms with E-state index in [9.17, 15) is 4.79 Å². The largest absolute Gasteiger partial charge is 0.484 e. The number of carboxylic acids is 1. The van der Waals surface area contributed by atoms with Crippen molar-refractivity contribution < 1.29 is 19.4 Å². The smallest absolute Gasteiger partial charge is 0.354 e. The Morgan fingerprint density at radius 1 is 1.44 bits per heavy atom. The van der Waals surface area contributed by atoms with Gasteiger partial charge in [0.2, 0.25) is 0 Å². The number of aromatic nitrogens is 1. The van der Waals surface area contributed by atoms with E-state index in [0.717, 1.165) is 5.56 Å². The molecular formula is C11H13NO4. The van der Waals surface area contributed by atoms with Gasteiger partial charge in [-0.05, 0) is 12.0 Å². The van der Waals surface area contributed by atoms with Crippen LogP contribution in [0.5, 0.6) is 11.6 Å². The molecule has 0 bridgehead atoms. The molecule has 0 saturated carbocycles. The summed E-state index contributed by atoms with van der Waals surface area (Å²) in [5, 5.41) is 8.93. The summed E-state index contributed by atoms with van der Waals surface area (Å²) in [6.45, 7) is 4.82. The molecule has 5 nitrogen and oxygen atoms in total. The van der Waals surface area contributed by atoms with Gasteiger partial charge in [0.1, 0.15) is 13.2 Å². The van der Waals surface area contributed by atoms with Gasteiger partial charge in [0, 0.05) is 5.56 Å². The number of carboxylic acid groups (broad SMARTS) is 1. The molecule has 1 aliphatic rings. The van der Waals surface area contributed by atoms with E-state index in [1.54, 1.807) is 6.07 Å². The summed E-state index contributed by atoms with van der Waals surface area (Å²) in [4.78, 5) is 14.8. The molecule has 2 heterocycles. The van der Waals surface area contributed by atoms with Gasteiger partial charge in [-0.1, -0.05) is 13.8 Å². The first-order valence-electron chi connectivity index (χ1n) is 5.13. The highest BCUT2D eigenvalue weighted by Crippen LogP contribution is 2.36. The maximum atomic E-state index is 10.9. The molecule has 86 valence electrons. The van der Waals surface area contributed by atoms with Crippen LogP contribution in [-0.2, 0) is 0 Å². The maximum absolute atomic E-state index is 10.9. The summed E-state index contributed by atoms with van der Waals surface area (Å²) in [5.41, 5.74) is 0.815. The van der Waals surface area contributed by atoms with Gasteiger partial charge in [0.15, 0.2) is 11.4 Å². The highest BCUT2D eigenvalue weighted by Gasteiger charge is 2.22. The lowest BCUT2D eigenvalue weighted by molar-refractivity contribution is 0.0687. The normalized spacial score (nSPS) is 13.9. The molecular weight excluding hydrogens is 210 g/mol. The van der Waals surface area contributed by atoms with Crippen LogP contribution in [0.15, 0.2) is 6.07 Å². The molecule has 0 saturated heterocycles. The topological polar surface area (TPSA) is 68.7 Å². The number of hydrogen-bond acceptors (Lipinski definition) is 4. The minimum atomic E-state index is -1.06. The van der Waals surface area contributed by atoms with Crippen molar-refractivity contribution in [2.24, 2.45) is 0 Å². The summed E-state index contributed by atoms with van der Waals surface area (Å²) in [6.07, 6.45) is 0. The summed E-state index contributed by atoms with van der Waals surface area (Å²) in [7, 11) is 0. The fraction of sp³-hybridized carbons (Fsp3) is 0.455. The molecule has 0 radical (unpaired) electrons. The van der Waals surface area contributed by atoms with Gasteiger partial charge in [-0.2, -0.15) is 0 Å². The van der Waals surface area contributed by atoms with Crippen LogP contribution < -0.4 is 9.47 Å². The van der Waals surface area contributed by atoms with Crippen LogP contribution in [0, 0.1) is 0 Å². The van der Waals surface area contributed by atoms with E-state index >= 15 is 0 Å². The Hall–Kier alpha value is -1.78. The highest BCUT2D eigenvalue weighted by atomic mass is 16.6. The SMILES string of the molecule is CC(C)c1cc(C(=O)O)nc2c1OCCO2. The van der Waals surface area contributed by atoms with E-state index in [1.165, 1.54) is 0 Å². The van der Waals surface area contributed by atoms with Gasteiger partial charge in [0.05, 0.1) is 0 Å². The number of aromatic carboxylic acids is 1. The van der Waals surface area contributed by atoms with Gasteiger partial charge in [0.25, 0.3) is 5.88 Å². The Morgan fingerprint density at radius 2 is 2.12 bits per heavy atom. The number of nitrogens with zero attached hydrogens (tertiary/aromatic N) is 1. The molecule has 2 rings (SSSR count). The van der Waals surface area contributed by atoms with Crippen LogP contribution in [0.3, 0.4) is 0 Å². The van der Waals surface area contributed by atoms with Gasteiger partial charge < -0.3 is 14.6 Å². The molecule has 0 aromatic carbocycles. The lowest BCUT2D eigenvalue weighted by Crippen LogP contribution is -2.19. The standard InChI is InChI=1S/C11H13NO4/c1-6(2)7-5-8(11(13)14)12-10-9(7)15-3-4-16-10/h5-6H,3-4H2,1-2H3,(H,13,14). The number of rotatable bonds is 2. The molecule has 0 unspecified atom stereocenters. The fourth-order valence-electron chi connectivity index (χ4n) is 1.59. The zero-order valence-corrected chi connectivity index (χ0v) is 9.19. The Morgan fingerprint density at radius 3 is 2.75 bits per heavy atom. The van der Waals surface area contributed by atoms with Crippen LogP contribution in [-0.4, -0.2) is 29.3 Å². The lowest BCUT2D eigenvalue weighted by atomic mass is 10.0. The van der Waals surface area contributed by atoms with E-state index in [4.69, 9.17) is 14.6 Å². The van der Waals surface area contributed by atoms with Crippen molar-refractivity contribution in [1.29, 1.82) is 0 Å². The minimum Gasteiger partial charge on any atom is -0.484 e. The Kier molecular flexibility index (Phi) is 2.68. The van der Waals surface area contributed by atoms with Crippen molar-refractivity contribution in [3.63, 3.8) is 0 Å². The molecule has 1 N–H and O–H groups in total. The van der Waals surface area contributed by atoms with E-state index < -0.39 is 5.97 Å². The number of ether oxygens (including phenoxy) is 2. The third-order valence-corrected chi connectivity index (χ3v) is 2.38. The van der Waals surface area contributed by atoms with Crippen molar-refractivity contribution in [3.05, 3.63) is 17.3 Å². The minimum absolute atomic E-state index is 0.00653. The molecule has 5 heteroatoms. The summed E-state index contributed by atoms with van der Waals surface area (Å²) < 4.78 is 10.8. The first-order valence-corrected chi connectivity index (χ1v) is 5.13. The Labute approximate surface area is 93.0 Å².